The summed E-state index contributed by atoms with van der Waals surface area (Å²) in [6.07, 6.45) is 0.444. The van der Waals surface area contributed by atoms with E-state index in [2.05, 4.69) is 0 Å². The van der Waals surface area contributed by atoms with Crippen molar-refractivity contribution in [3.05, 3.63) is 0 Å². The van der Waals surface area contributed by atoms with Gasteiger partial charge in [0.1, 0.15) is 0 Å². The van der Waals surface area contributed by atoms with Gasteiger partial charge in [0, 0.05) is 6.42 Å². The van der Waals surface area contributed by atoms with E-state index < -0.39 is 15.9 Å². The van der Waals surface area contributed by atoms with Crippen molar-refractivity contribution >= 4 is 34.8 Å². The third-order valence-corrected chi connectivity index (χ3v) is 1.97. The third kappa shape index (κ3) is 1.10. The molecule has 0 unspecified atom stereocenters. The summed E-state index contributed by atoms with van der Waals surface area (Å²) in [4.78, 5) is 21.1. The minimum absolute atomic E-state index is 0.186. The second-order valence-electron chi connectivity index (χ2n) is 1.96. The second-order valence-corrected chi connectivity index (χ2v) is 3.44. The number of rotatable bonds is 0. The van der Waals surface area contributed by atoms with Crippen molar-refractivity contribution in [2.45, 2.75) is 17.2 Å². The molecule has 1 aliphatic carbocycles. The van der Waals surface area contributed by atoms with Crippen molar-refractivity contribution in [3.63, 3.8) is 0 Å². The van der Waals surface area contributed by atoms with E-state index in [0.29, 0.717) is 0 Å². The number of halogens is 2. The second kappa shape index (κ2) is 1.96. The fraction of sp³-hybridized carbons (Fsp3) is 0.600. The molecule has 0 radical (unpaired) electrons. The maximum Gasteiger partial charge on any atom is 0.234 e. The third-order valence-electron chi connectivity index (χ3n) is 1.25. The Kier molecular flexibility index (Phi) is 1.53. The Morgan fingerprint density at radius 1 is 1.33 bits per heavy atom. The molecule has 0 atom stereocenters. The molecular formula is C5H4Cl2O2. The van der Waals surface area contributed by atoms with Gasteiger partial charge in [-0.25, -0.2) is 0 Å². The zero-order valence-electron chi connectivity index (χ0n) is 4.49. The Labute approximate surface area is 62.1 Å². The first kappa shape index (κ1) is 7.03. The van der Waals surface area contributed by atoms with Crippen LogP contribution in [-0.4, -0.2) is 15.9 Å². The predicted octanol–water partition coefficient (Wildman–Crippen LogP) is 1.09. The first-order chi connectivity index (χ1) is 4.04. The highest BCUT2D eigenvalue weighted by Gasteiger charge is 2.44. The Morgan fingerprint density at radius 2 is 1.89 bits per heavy atom. The number of carbonyl (C=O) groups excluding carboxylic acids is 2. The van der Waals surface area contributed by atoms with Gasteiger partial charge >= 0.3 is 0 Å². The highest BCUT2D eigenvalue weighted by molar-refractivity contribution is 6.68. The fourth-order valence-electron chi connectivity index (χ4n) is 0.702. The summed E-state index contributed by atoms with van der Waals surface area (Å²) in [6, 6.07) is 0. The SMILES string of the molecule is O=C1CCC(Cl)(Cl)C1=O. The van der Waals surface area contributed by atoms with Gasteiger partial charge in [0.25, 0.3) is 0 Å². The molecule has 4 heteroatoms. The van der Waals surface area contributed by atoms with Crippen molar-refractivity contribution in [3.8, 4) is 0 Å². The molecule has 0 spiro atoms. The van der Waals surface area contributed by atoms with Crippen LogP contribution < -0.4 is 0 Å². The van der Waals surface area contributed by atoms with Crippen LogP contribution in [0.1, 0.15) is 12.8 Å². The van der Waals surface area contributed by atoms with Crippen LogP contribution in [0.2, 0.25) is 0 Å². The molecule has 1 aliphatic rings. The molecule has 0 aliphatic heterocycles. The lowest BCUT2D eigenvalue weighted by atomic mass is 10.3. The summed E-state index contributed by atoms with van der Waals surface area (Å²) in [5, 5.41) is 0. The summed E-state index contributed by atoms with van der Waals surface area (Å²) in [5.74, 6) is -1.12. The molecule has 1 saturated carbocycles. The number of carbonyl (C=O) groups is 2. The van der Waals surface area contributed by atoms with E-state index in [0.717, 1.165) is 0 Å². The predicted molar refractivity (Wildman–Crippen MR) is 33.7 cm³/mol. The average molecular weight is 167 g/mol. The number of hydrogen-bond acceptors (Lipinski definition) is 2. The normalized spacial score (nSPS) is 25.1. The minimum atomic E-state index is -1.42. The number of hydrogen-bond donors (Lipinski definition) is 0. The smallest absolute Gasteiger partial charge is 0.234 e. The van der Waals surface area contributed by atoms with Gasteiger partial charge in [-0.15, -0.1) is 0 Å². The van der Waals surface area contributed by atoms with Crippen LogP contribution in [0.15, 0.2) is 0 Å². The van der Waals surface area contributed by atoms with Crippen LogP contribution in [0.4, 0.5) is 0 Å². The Morgan fingerprint density at radius 3 is 2.00 bits per heavy atom. The van der Waals surface area contributed by atoms with E-state index in [1.807, 2.05) is 0 Å². The molecule has 1 fully saturated rings. The zero-order chi connectivity index (χ0) is 7.07. The lowest BCUT2D eigenvalue weighted by molar-refractivity contribution is -0.134. The summed E-state index contributed by atoms with van der Waals surface area (Å²) >= 11 is 10.8. The van der Waals surface area contributed by atoms with E-state index >= 15 is 0 Å². The average Bonchev–Trinajstić information content (AvgIpc) is 1.97. The molecule has 0 N–H and O–H groups in total. The molecule has 0 heterocycles. The van der Waals surface area contributed by atoms with E-state index in [1.165, 1.54) is 0 Å². The summed E-state index contributed by atoms with van der Waals surface area (Å²) in [7, 11) is 0. The van der Waals surface area contributed by atoms with Crippen LogP contribution in [-0.2, 0) is 9.59 Å². The highest BCUT2D eigenvalue weighted by atomic mass is 35.5. The molecule has 0 bridgehead atoms. The Balaban J connectivity index is 2.86. The van der Waals surface area contributed by atoms with Crippen LogP contribution in [0.3, 0.4) is 0 Å². The topological polar surface area (TPSA) is 34.1 Å². The molecule has 0 amide bonds. The molecule has 9 heavy (non-hydrogen) atoms. The number of ketones is 2. The summed E-state index contributed by atoms with van der Waals surface area (Å²) < 4.78 is -1.42. The quantitative estimate of drug-likeness (QED) is 0.399. The highest BCUT2D eigenvalue weighted by Crippen LogP contribution is 2.34. The van der Waals surface area contributed by atoms with Crippen molar-refractivity contribution in [2.75, 3.05) is 0 Å². The van der Waals surface area contributed by atoms with Crippen LogP contribution >= 0.6 is 23.2 Å². The van der Waals surface area contributed by atoms with Crippen molar-refractivity contribution < 1.29 is 9.59 Å². The Bertz CT molecular complexity index is 174. The van der Waals surface area contributed by atoms with Gasteiger partial charge in [0.15, 0.2) is 4.33 Å². The number of alkyl halides is 2. The van der Waals surface area contributed by atoms with Crippen LogP contribution in [0.5, 0.6) is 0 Å². The maximum atomic E-state index is 10.6. The molecule has 2 nitrogen and oxygen atoms in total. The largest absolute Gasteiger partial charge is 0.291 e. The Hall–Kier alpha value is -0.0800. The van der Waals surface area contributed by atoms with Gasteiger partial charge in [0.05, 0.1) is 0 Å². The molecule has 0 aromatic heterocycles. The lowest BCUT2D eigenvalue weighted by Crippen LogP contribution is -2.22. The molecule has 1 rings (SSSR count). The molecule has 0 saturated heterocycles. The van der Waals surface area contributed by atoms with Gasteiger partial charge in [-0.3, -0.25) is 9.59 Å². The maximum absolute atomic E-state index is 10.6. The van der Waals surface area contributed by atoms with Crippen molar-refractivity contribution in [2.24, 2.45) is 0 Å². The summed E-state index contributed by atoms with van der Waals surface area (Å²) in [5.41, 5.74) is 0. The molecular weight excluding hydrogens is 163 g/mol. The monoisotopic (exact) mass is 166 g/mol. The van der Waals surface area contributed by atoms with Gasteiger partial charge in [-0.1, -0.05) is 23.2 Å². The molecule has 0 aromatic rings. The molecule has 50 valence electrons. The van der Waals surface area contributed by atoms with E-state index in [4.69, 9.17) is 23.2 Å². The van der Waals surface area contributed by atoms with Crippen molar-refractivity contribution in [1.29, 1.82) is 0 Å². The van der Waals surface area contributed by atoms with Gasteiger partial charge in [-0.05, 0) is 6.42 Å². The fourth-order valence-corrected chi connectivity index (χ4v) is 1.10. The van der Waals surface area contributed by atoms with Crippen molar-refractivity contribution in [1.82, 2.24) is 0 Å². The van der Waals surface area contributed by atoms with Gasteiger partial charge in [0.2, 0.25) is 11.6 Å². The zero-order valence-corrected chi connectivity index (χ0v) is 6.00. The van der Waals surface area contributed by atoms with E-state index in [9.17, 15) is 9.59 Å². The standard InChI is InChI=1S/C5H4Cl2O2/c6-5(7)2-1-3(8)4(5)9/h1-2H2. The summed E-state index contributed by atoms with van der Waals surface area (Å²) in [6.45, 7) is 0. The minimum Gasteiger partial charge on any atom is -0.291 e. The van der Waals surface area contributed by atoms with Gasteiger partial charge < -0.3 is 0 Å². The van der Waals surface area contributed by atoms with Crippen LogP contribution in [0, 0.1) is 0 Å². The molecule has 0 aromatic carbocycles. The van der Waals surface area contributed by atoms with Gasteiger partial charge in [-0.2, -0.15) is 0 Å². The first-order valence-corrected chi connectivity index (χ1v) is 3.25. The van der Waals surface area contributed by atoms with Crippen LogP contribution in [0.25, 0.3) is 0 Å². The lowest BCUT2D eigenvalue weighted by Gasteiger charge is -2.04. The van der Waals surface area contributed by atoms with E-state index in [-0.39, 0.29) is 12.8 Å². The first-order valence-electron chi connectivity index (χ1n) is 2.49. The van der Waals surface area contributed by atoms with E-state index in [1.54, 1.807) is 0 Å². The number of Topliss-reactive ketones (excluding diaryl/α,β-unsaturated/α-hetero) is 2.